The van der Waals surface area contributed by atoms with E-state index in [1.165, 1.54) is 25.7 Å². The number of benzene rings is 1. The second-order valence-corrected chi connectivity index (χ2v) is 5.74. The standard InChI is InChI=1S/C18H21N3O2/c1-23-16-8-4-7-14(11-16)21-18(22)17-10-9-15(12-19-17)20-13-5-2-3-6-13/h4,7-13,20H,2-3,5-6H2,1H3,(H,21,22). The molecule has 1 fully saturated rings. The summed E-state index contributed by atoms with van der Waals surface area (Å²) >= 11 is 0. The first-order chi connectivity index (χ1) is 11.2. The van der Waals surface area contributed by atoms with Gasteiger partial charge in [-0.15, -0.1) is 0 Å². The maximum absolute atomic E-state index is 12.2. The third kappa shape index (κ3) is 4.00. The van der Waals surface area contributed by atoms with Crippen molar-refractivity contribution in [2.24, 2.45) is 0 Å². The van der Waals surface area contributed by atoms with E-state index in [-0.39, 0.29) is 5.91 Å². The van der Waals surface area contributed by atoms with Gasteiger partial charge in [-0.1, -0.05) is 18.9 Å². The SMILES string of the molecule is COc1cccc(NC(=O)c2ccc(NC3CCCC3)cn2)c1. The maximum Gasteiger partial charge on any atom is 0.274 e. The molecule has 0 bridgehead atoms. The summed E-state index contributed by atoms with van der Waals surface area (Å²) in [6.07, 6.45) is 6.70. The molecule has 0 unspecified atom stereocenters. The summed E-state index contributed by atoms with van der Waals surface area (Å²) in [5.41, 5.74) is 2.05. The molecule has 23 heavy (non-hydrogen) atoms. The summed E-state index contributed by atoms with van der Waals surface area (Å²) in [6, 6.07) is 11.4. The molecule has 0 aliphatic heterocycles. The van der Waals surface area contributed by atoms with Crippen LogP contribution in [0.25, 0.3) is 0 Å². The average Bonchev–Trinajstić information content (AvgIpc) is 3.08. The molecule has 0 spiro atoms. The van der Waals surface area contributed by atoms with Crippen LogP contribution in [-0.2, 0) is 0 Å². The molecule has 1 saturated carbocycles. The van der Waals surface area contributed by atoms with Crippen LogP contribution in [0.5, 0.6) is 5.75 Å². The smallest absolute Gasteiger partial charge is 0.274 e. The van der Waals surface area contributed by atoms with Gasteiger partial charge in [0.15, 0.2) is 0 Å². The Balaban J connectivity index is 1.62. The van der Waals surface area contributed by atoms with Crippen LogP contribution in [-0.4, -0.2) is 24.0 Å². The van der Waals surface area contributed by atoms with Gasteiger partial charge < -0.3 is 15.4 Å². The predicted molar refractivity (Wildman–Crippen MR) is 91.1 cm³/mol. The first-order valence-electron chi connectivity index (χ1n) is 7.92. The van der Waals surface area contributed by atoms with E-state index in [1.54, 1.807) is 25.4 Å². The molecule has 1 aliphatic carbocycles. The molecule has 3 rings (SSSR count). The average molecular weight is 311 g/mol. The lowest BCUT2D eigenvalue weighted by atomic mass is 10.2. The van der Waals surface area contributed by atoms with Gasteiger partial charge in [0.2, 0.25) is 0 Å². The van der Waals surface area contributed by atoms with Crippen LogP contribution in [0.15, 0.2) is 42.6 Å². The number of hydrogen-bond acceptors (Lipinski definition) is 4. The second-order valence-electron chi connectivity index (χ2n) is 5.74. The molecule has 120 valence electrons. The predicted octanol–water partition coefficient (Wildman–Crippen LogP) is 3.70. The molecule has 0 atom stereocenters. The van der Waals surface area contributed by atoms with Crippen molar-refractivity contribution in [2.75, 3.05) is 17.7 Å². The van der Waals surface area contributed by atoms with E-state index >= 15 is 0 Å². The number of nitrogens with one attached hydrogen (secondary N) is 2. The van der Waals surface area contributed by atoms with Gasteiger partial charge in [-0.05, 0) is 37.1 Å². The van der Waals surface area contributed by atoms with Gasteiger partial charge in [-0.3, -0.25) is 4.79 Å². The fraction of sp³-hybridized carbons (Fsp3) is 0.333. The number of carbonyl (C=O) groups is 1. The zero-order valence-corrected chi connectivity index (χ0v) is 13.2. The Morgan fingerprint density at radius 3 is 2.70 bits per heavy atom. The summed E-state index contributed by atoms with van der Waals surface area (Å²) in [5, 5.41) is 6.28. The van der Waals surface area contributed by atoms with Gasteiger partial charge in [0.1, 0.15) is 11.4 Å². The van der Waals surface area contributed by atoms with Crippen molar-refractivity contribution in [3.8, 4) is 5.75 Å². The third-order valence-corrected chi connectivity index (χ3v) is 4.05. The van der Waals surface area contributed by atoms with Crippen molar-refractivity contribution >= 4 is 17.3 Å². The number of hydrogen-bond donors (Lipinski definition) is 2. The Morgan fingerprint density at radius 2 is 2.00 bits per heavy atom. The topological polar surface area (TPSA) is 63.2 Å². The Kier molecular flexibility index (Phi) is 4.76. The fourth-order valence-electron chi connectivity index (χ4n) is 2.82. The number of rotatable bonds is 5. The van der Waals surface area contributed by atoms with Gasteiger partial charge in [0.25, 0.3) is 5.91 Å². The van der Waals surface area contributed by atoms with Crippen LogP contribution < -0.4 is 15.4 Å². The van der Waals surface area contributed by atoms with E-state index in [4.69, 9.17) is 4.74 Å². The number of carbonyl (C=O) groups excluding carboxylic acids is 1. The van der Waals surface area contributed by atoms with Crippen molar-refractivity contribution in [1.82, 2.24) is 4.98 Å². The molecule has 2 aromatic rings. The molecule has 1 aromatic heterocycles. The van der Waals surface area contributed by atoms with Crippen molar-refractivity contribution in [3.05, 3.63) is 48.3 Å². The van der Waals surface area contributed by atoms with E-state index in [9.17, 15) is 4.79 Å². The summed E-state index contributed by atoms with van der Waals surface area (Å²) in [7, 11) is 1.60. The summed E-state index contributed by atoms with van der Waals surface area (Å²) in [4.78, 5) is 16.5. The lowest BCUT2D eigenvalue weighted by molar-refractivity contribution is 0.102. The number of anilines is 2. The van der Waals surface area contributed by atoms with Gasteiger partial charge >= 0.3 is 0 Å². The highest BCUT2D eigenvalue weighted by atomic mass is 16.5. The van der Waals surface area contributed by atoms with Crippen LogP contribution >= 0.6 is 0 Å². The zero-order valence-electron chi connectivity index (χ0n) is 13.2. The van der Waals surface area contributed by atoms with E-state index in [2.05, 4.69) is 15.6 Å². The normalized spacial score (nSPS) is 14.5. The number of aromatic nitrogens is 1. The van der Waals surface area contributed by atoms with Crippen molar-refractivity contribution in [3.63, 3.8) is 0 Å². The van der Waals surface area contributed by atoms with Crippen LogP contribution in [0.1, 0.15) is 36.2 Å². The highest BCUT2D eigenvalue weighted by molar-refractivity contribution is 6.03. The van der Waals surface area contributed by atoms with Crippen LogP contribution in [0.3, 0.4) is 0 Å². The molecule has 0 saturated heterocycles. The molecular weight excluding hydrogens is 290 g/mol. The van der Waals surface area contributed by atoms with Crippen molar-refractivity contribution in [1.29, 1.82) is 0 Å². The molecule has 0 radical (unpaired) electrons. The van der Waals surface area contributed by atoms with E-state index < -0.39 is 0 Å². The monoisotopic (exact) mass is 311 g/mol. The maximum atomic E-state index is 12.2. The molecule has 1 heterocycles. The fourth-order valence-corrected chi connectivity index (χ4v) is 2.82. The van der Waals surface area contributed by atoms with E-state index in [0.717, 1.165) is 5.69 Å². The molecule has 1 aromatic carbocycles. The number of amides is 1. The Morgan fingerprint density at radius 1 is 1.17 bits per heavy atom. The first kappa shape index (κ1) is 15.3. The van der Waals surface area contributed by atoms with Gasteiger partial charge in [0.05, 0.1) is 19.0 Å². The lowest BCUT2D eigenvalue weighted by Crippen LogP contribution is -2.16. The third-order valence-electron chi connectivity index (χ3n) is 4.05. The van der Waals surface area contributed by atoms with Gasteiger partial charge in [-0.2, -0.15) is 0 Å². The Labute approximate surface area is 136 Å². The molecule has 1 amide bonds. The van der Waals surface area contributed by atoms with Crippen LogP contribution in [0, 0.1) is 0 Å². The van der Waals surface area contributed by atoms with Gasteiger partial charge in [-0.25, -0.2) is 4.98 Å². The van der Waals surface area contributed by atoms with Gasteiger partial charge in [0, 0.05) is 17.8 Å². The van der Waals surface area contributed by atoms with Crippen LogP contribution in [0.2, 0.25) is 0 Å². The minimum Gasteiger partial charge on any atom is -0.497 e. The number of pyridine rings is 1. The van der Waals surface area contributed by atoms with E-state index in [1.807, 2.05) is 24.3 Å². The van der Waals surface area contributed by atoms with Crippen LogP contribution in [0.4, 0.5) is 11.4 Å². The first-order valence-corrected chi connectivity index (χ1v) is 7.92. The molecule has 2 N–H and O–H groups in total. The quantitative estimate of drug-likeness (QED) is 0.884. The minimum atomic E-state index is -0.231. The molecule has 5 heteroatoms. The van der Waals surface area contributed by atoms with Crippen molar-refractivity contribution in [2.45, 2.75) is 31.7 Å². The lowest BCUT2D eigenvalue weighted by Gasteiger charge is -2.13. The number of ether oxygens (including phenoxy) is 1. The highest BCUT2D eigenvalue weighted by Crippen LogP contribution is 2.22. The molecular formula is C18H21N3O2. The Bertz CT molecular complexity index is 664. The number of methoxy groups -OCH3 is 1. The summed E-state index contributed by atoms with van der Waals surface area (Å²) < 4.78 is 5.15. The highest BCUT2D eigenvalue weighted by Gasteiger charge is 2.15. The van der Waals surface area contributed by atoms with E-state index in [0.29, 0.717) is 23.2 Å². The summed E-state index contributed by atoms with van der Waals surface area (Å²) in [6.45, 7) is 0. The zero-order chi connectivity index (χ0) is 16.1. The Hall–Kier alpha value is -2.56. The molecule has 1 aliphatic rings. The minimum absolute atomic E-state index is 0.231. The number of nitrogens with zero attached hydrogens (tertiary/aromatic N) is 1. The second kappa shape index (κ2) is 7.13. The molecule has 5 nitrogen and oxygen atoms in total. The van der Waals surface area contributed by atoms with Crippen molar-refractivity contribution < 1.29 is 9.53 Å². The largest absolute Gasteiger partial charge is 0.497 e. The summed E-state index contributed by atoms with van der Waals surface area (Å²) in [5.74, 6) is 0.470.